The van der Waals surface area contributed by atoms with E-state index >= 15 is 0 Å². The maximum absolute atomic E-state index is 11.7. The molecule has 0 spiro atoms. The lowest BCUT2D eigenvalue weighted by molar-refractivity contribution is -0.114. The summed E-state index contributed by atoms with van der Waals surface area (Å²) in [7, 11) is 0. The molecular weight excluding hydrogens is 336 g/mol. The number of benzene rings is 1. The zero-order valence-electron chi connectivity index (χ0n) is 15.5. The molecule has 0 saturated carbocycles. The van der Waals surface area contributed by atoms with Gasteiger partial charge >= 0.3 is 0 Å². The molecule has 4 atom stereocenters. The number of piperidine rings is 1. The lowest BCUT2D eigenvalue weighted by atomic mass is 9.70. The molecule has 0 bridgehead atoms. The van der Waals surface area contributed by atoms with Crippen LogP contribution in [0.2, 0.25) is 0 Å². The summed E-state index contributed by atoms with van der Waals surface area (Å²) in [5.41, 5.74) is 4.95. The SMILES string of the molecule is C=CCN1CC(C(O)C2=CC(=O)CC2)C[C@@H]2c3cccc4[nH]cc(c34)C[C@H]21. The van der Waals surface area contributed by atoms with Crippen molar-refractivity contribution in [2.24, 2.45) is 5.92 Å². The fourth-order valence-electron chi connectivity index (χ4n) is 5.59. The van der Waals surface area contributed by atoms with Gasteiger partial charge in [-0.15, -0.1) is 6.58 Å². The third kappa shape index (κ3) is 2.70. The first kappa shape index (κ1) is 17.0. The molecule has 1 saturated heterocycles. The van der Waals surface area contributed by atoms with E-state index in [1.165, 1.54) is 22.0 Å². The zero-order valence-corrected chi connectivity index (χ0v) is 15.5. The van der Waals surface area contributed by atoms with Crippen molar-refractivity contribution in [3.63, 3.8) is 0 Å². The van der Waals surface area contributed by atoms with Gasteiger partial charge in [0.05, 0.1) is 6.10 Å². The third-order valence-electron chi connectivity index (χ3n) is 6.80. The lowest BCUT2D eigenvalue weighted by Crippen LogP contribution is -2.52. The number of aromatic nitrogens is 1. The van der Waals surface area contributed by atoms with Crippen LogP contribution in [0.1, 0.15) is 36.3 Å². The van der Waals surface area contributed by atoms with E-state index in [1.807, 2.05) is 6.08 Å². The number of likely N-dealkylation sites (tertiary alicyclic amines) is 1. The Bertz CT molecular complexity index is 941. The van der Waals surface area contributed by atoms with Gasteiger partial charge in [-0.3, -0.25) is 9.69 Å². The van der Waals surface area contributed by atoms with Crippen molar-refractivity contribution in [1.29, 1.82) is 0 Å². The molecule has 0 radical (unpaired) electrons. The van der Waals surface area contributed by atoms with Gasteiger partial charge in [0.25, 0.3) is 0 Å². The number of aromatic amines is 1. The molecule has 140 valence electrons. The molecule has 27 heavy (non-hydrogen) atoms. The Morgan fingerprint density at radius 1 is 1.37 bits per heavy atom. The van der Waals surface area contributed by atoms with Crippen molar-refractivity contribution in [1.82, 2.24) is 9.88 Å². The fraction of sp³-hybridized carbons (Fsp3) is 0.435. The first-order valence-corrected chi connectivity index (χ1v) is 10.0. The van der Waals surface area contributed by atoms with Crippen molar-refractivity contribution in [3.8, 4) is 0 Å². The second-order valence-electron chi connectivity index (χ2n) is 8.33. The number of fused-ring (bicyclic) bond motifs is 2. The molecule has 3 aliphatic rings. The van der Waals surface area contributed by atoms with E-state index in [0.29, 0.717) is 24.8 Å². The first-order chi connectivity index (χ1) is 13.2. The minimum Gasteiger partial charge on any atom is -0.388 e. The molecule has 4 heteroatoms. The van der Waals surface area contributed by atoms with E-state index in [4.69, 9.17) is 0 Å². The number of carbonyl (C=O) groups is 1. The zero-order chi connectivity index (χ0) is 18.5. The molecule has 2 aromatic rings. The number of nitrogens with one attached hydrogen (secondary N) is 1. The largest absolute Gasteiger partial charge is 0.388 e. The Morgan fingerprint density at radius 3 is 3.04 bits per heavy atom. The molecule has 1 aromatic heterocycles. The number of carbonyl (C=O) groups excluding carboxylic acids is 1. The summed E-state index contributed by atoms with van der Waals surface area (Å²) >= 11 is 0. The van der Waals surface area contributed by atoms with Crippen molar-refractivity contribution >= 4 is 16.7 Å². The molecule has 2 aliphatic carbocycles. The van der Waals surface area contributed by atoms with Crippen LogP contribution >= 0.6 is 0 Å². The molecule has 1 aromatic carbocycles. The maximum Gasteiger partial charge on any atom is 0.156 e. The van der Waals surface area contributed by atoms with Gasteiger partial charge in [0.2, 0.25) is 0 Å². The Morgan fingerprint density at radius 2 is 2.26 bits per heavy atom. The predicted octanol–water partition coefficient (Wildman–Crippen LogP) is 3.33. The van der Waals surface area contributed by atoms with Gasteiger partial charge in [-0.25, -0.2) is 0 Å². The number of hydrogen-bond donors (Lipinski definition) is 2. The van der Waals surface area contributed by atoms with Gasteiger partial charge in [-0.2, -0.15) is 0 Å². The van der Waals surface area contributed by atoms with Crippen molar-refractivity contribution in [3.05, 3.63) is 59.8 Å². The van der Waals surface area contributed by atoms with Crippen LogP contribution in [0, 0.1) is 5.92 Å². The quantitative estimate of drug-likeness (QED) is 0.820. The number of H-pyrrole nitrogens is 1. The fourth-order valence-corrected chi connectivity index (χ4v) is 5.59. The number of allylic oxidation sites excluding steroid dienone is 1. The van der Waals surface area contributed by atoms with E-state index in [0.717, 1.165) is 31.5 Å². The van der Waals surface area contributed by atoms with Crippen LogP contribution in [-0.4, -0.2) is 46.0 Å². The number of ketones is 1. The van der Waals surface area contributed by atoms with E-state index in [1.54, 1.807) is 6.08 Å². The van der Waals surface area contributed by atoms with E-state index in [2.05, 4.69) is 40.9 Å². The second kappa shape index (κ2) is 6.47. The molecule has 5 rings (SSSR count). The molecule has 2 N–H and O–H groups in total. The normalized spacial score (nSPS) is 28.9. The third-order valence-corrected chi connectivity index (χ3v) is 6.80. The van der Waals surface area contributed by atoms with Crippen molar-refractivity contribution in [2.75, 3.05) is 13.1 Å². The average molecular weight is 362 g/mol. The summed E-state index contributed by atoms with van der Waals surface area (Å²) < 4.78 is 0. The van der Waals surface area contributed by atoms with E-state index in [9.17, 15) is 9.90 Å². The highest BCUT2D eigenvalue weighted by Crippen LogP contribution is 2.46. The smallest absolute Gasteiger partial charge is 0.156 e. The molecule has 1 fully saturated rings. The van der Waals surface area contributed by atoms with E-state index < -0.39 is 6.10 Å². The molecule has 2 unspecified atom stereocenters. The lowest BCUT2D eigenvalue weighted by Gasteiger charge is -2.48. The molecular formula is C23H26N2O2. The number of hydrogen-bond acceptors (Lipinski definition) is 3. The summed E-state index contributed by atoms with van der Waals surface area (Å²) in [4.78, 5) is 17.6. The Labute approximate surface area is 159 Å². The number of nitrogens with zero attached hydrogens (tertiary/aromatic N) is 1. The van der Waals surface area contributed by atoms with Gasteiger partial charge < -0.3 is 10.1 Å². The first-order valence-electron chi connectivity index (χ1n) is 10.0. The Kier molecular flexibility index (Phi) is 4.06. The van der Waals surface area contributed by atoms with Gasteiger partial charge in [0.15, 0.2) is 5.78 Å². The van der Waals surface area contributed by atoms with Crippen molar-refractivity contribution < 1.29 is 9.90 Å². The van der Waals surface area contributed by atoms with Crippen LogP contribution in [0.5, 0.6) is 0 Å². The Hall–Kier alpha value is -2.17. The van der Waals surface area contributed by atoms with Crippen molar-refractivity contribution in [2.45, 2.75) is 43.7 Å². The van der Waals surface area contributed by atoms with E-state index in [-0.39, 0.29) is 11.7 Å². The van der Waals surface area contributed by atoms with Gasteiger partial charge in [-0.1, -0.05) is 18.2 Å². The number of aliphatic hydroxyl groups is 1. The number of aliphatic hydroxyl groups excluding tert-OH is 1. The van der Waals surface area contributed by atoms with Crippen LogP contribution in [0.4, 0.5) is 0 Å². The second-order valence-corrected chi connectivity index (χ2v) is 8.33. The molecule has 2 heterocycles. The summed E-state index contributed by atoms with van der Waals surface area (Å²) in [5.74, 6) is 0.710. The van der Waals surface area contributed by atoms with Crippen LogP contribution in [-0.2, 0) is 11.2 Å². The minimum absolute atomic E-state index is 0.152. The highest BCUT2D eigenvalue weighted by Gasteiger charge is 2.43. The number of rotatable bonds is 4. The highest BCUT2D eigenvalue weighted by molar-refractivity contribution is 5.93. The van der Waals surface area contributed by atoms with Gasteiger partial charge in [-0.05, 0) is 48.1 Å². The topological polar surface area (TPSA) is 56.3 Å². The van der Waals surface area contributed by atoms with Gasteiger partial charge in [0.1, 0.15) is 0 Å². The summed E-state index contributed by atoms with van der Waals surface area (Å²) in [6, 6.07) is 6.99. The maximum atomic E-state index is 11.7. The summed E-state index contributed by atoms with van der Waals surface area (Å²) in [5, 5.41) is 12.4. The summed E-state index contributed by atoms with van der Waals surface area (Å²) in [6.45, 7) is 5.64. The van der Waals surface area contributed by atoms with Crippen LogP contribution in [0.15, 0.2) is 48.7 Å². The predicted molar refractivity (Wildman–Crippen MR) is 107 cm³/mol. The molecule has 1 aliphatic heterocycles. The van der Waals surface area contributed by atoms with Gasteiger partial charge in [0, 0.05) is 54.5 Å². The molecule has 4 nitrogen and oxygen atoms in total. The highest BCUT2D eigenvalue weighted by atomic mass is 16.3. The average Bonchev–Trinajstić information content (AvgIpc) is 3.29. The van der Waals surface area contributed by atoms with Crippen LogP contribution < -0.4 is 0 Å². The van der Waals surface area contributed by atoms with Crippen LogP contribution in [0.25, 0.3) is 10.9 Å². The minimum atomic E-state index is -0.517. The monoisotopic (exact) mass is 362 g/mol. The van der Waals surface area contributed by atoms with Crippen LogP contribution in [0.3, 0.4) is 0 Å². The molecule has 0 amide bonds. The summed E-state index contributed by atoms with van der Waals surface area (Å²) in [6.07, 6.45) is 8.56. The Balaban J connectivity index is 1.52. The standard InChI is InChI=1S/C23H26N2O2/c1-2-8-25-13-16(23(27)14-6-7-17(26)9-14)10-19-18-4-3-5-20-22(18)15(12-24-20)11-21(19)25/h2-5,9,12,16,19,21,23-24,27H,1,6-8,10-11,13H2/t16?,19-,21-,23?/m1/s1.